The number of benzene rings is 2. The number of thiophene rings is 1. The van der Waals surface area contributed by atoms with Gasteiger partial charge >= 0.3 is 0 Å². The fourth-order valence-electron chi connectivity index (χ4n) is 3.55. The van der Waals surface area contributed by atoms with Crippen LogP contribution in [0.15, 0.2) is 76.6 Å². The van der Waals surface area contributed by atoms with Crippen LogP contribution in [0.25, 0.3) is 0 Å². The van der Waals surface area contributed by atoms with Crippen molar-refractivity contribution in [3.05, 3.63) is 105 Å². The number of amides is 2. The maximum atomic E-state index is 13.2. The van der Waals surface area contributed by atoms with E-state index in [9.17, 15) is 9.59 Å². The minimum atomic E-state index is -0.317. The Hall–Kier alpha value is -3.91. The molecule has 0 aliphatic heterocycles. The van der Waals surface area contributed by atoms with Crippen LogP contribution in [0.3, 0.4) is 0 Å². The van der Waals surface area contributed by atoms with Gasteiger partial charge in [-0.3, -0.25) is 9.59 Å². The van der Waals surface area contributed by atoms with Gasteiger partial charge in [0.25, 0.3) is 11.8 Å². The Balaban J connectivity index is 1.38. The third-order valence-corrected chi connectivity index (χ3v) is 6.37. The Labute approximate surface area is 208 Å². The van der Waals surface area contributed by atoms with E-state index in [0.29, 0.717) is 30.8 Å². The van der Waals surface area contributed by atoms with Crippen molar-refractivity contribution in [2.45, 2.75) is 26.4 Å². The smallest absolute Gasteiger partial charge is 0.273 e. The van der Waals surface area contributed by atoms with Crippen LogP contribution in [-0.4, -0.2) is 35.5 Å². The molecule has 180 valence electrons. The first kappa shape index (κ1) is 24.2. The van der Waals surface area contributed by atoms with Crippen LogP contribution < -0.4 is 10.1 Å². The number of aromatic nitrogens is 1. The molecule has 0 fully saturated rings. The third kappa shape index (κ3) is 6.58. The highest BCUT2D eigenvalue weighted by Crippen LogP contribution is 2.18. The Bertz CT molecular complexity index is 1250. The van der Waals surface area contributed by atoms with E-state index in [1.807, 2.05) is 73.0 Å². The van der Waals surface area contributed by atoms with Gasteiger partial charge in [-0.15, -0.1) is 11.3 Å². The van der Waals surface area contributed by atoms with Gasteiger partial charge < -0.3 is 19.5 Å². The lowest BCUT2D eigenvalue weighted by Crippen LogP contribution is -2.29. The van der Waals surface area contributed by atoms with Gasteiger partial charge in [-0.2, -0.15) is 0 Å². The van der Waals surface area contributed by atoms with E-state index in [4.69, 9.17) is 9.26 Å². The molecule has 0 saturated carbocycles. The number of hydrogen-bond acceptors (Lipinski definition) is 6. The van der Waals surface area contributed by atoms with Gasteiger partial charge in [-0.1, -0.05) is 41.1 Å². The maximum absolute atomic E-state index is 13.2. The Morgan fingerprint density at radius 2 is 1.83 bits per heavy atom. The summed E-state index contributed by atoms with van der Waals surface area (Å²) in [6.07, 6.45) is 0.681. The summed E-state index contributed by atoms with van der Waals surface area (Å²) in [4.78, 5) is 28.5. The number of aryl methyl sites for hydroxylation is 1. The average Bonchev–Trinajstić information content (AvgIpc) is 3.56. The third-order valence-electron chi connectivity index (χ3n) is 5.51. The van der Waals surface area contributed by atoms with Crippen LogP contribution >= 0.6 is 11.3 Å². The van der Waals surface area contributed by atoms with E-state index >= 15 is 0 Å². The van der Waals surface area contributed by atoms with Gasteiger partial charge in [0.2, 0.25) is 0 Å². The van der Waals surface area contributed by atoms with E-state index in [2.05, 4.69) is 10.5 Å². The van der Waals surface area contributed by atoms with Crippen molar-refractivity contribution < 1.29 is 18.8 Å². The van der Waals surface area contributed by atoms with E-state index < -0.39 is 0 Å². The molecule has 35 heavy (non-hydrogen) atoms. The predicted octanol–water partition coefficient (Wildman–Crippen LogP) is 4.87. The van der Waals surface area contributed by atoms with Crippen LogP contribution in [0, 0.1) is 6.92 Å². The van der Waals surface area contributed by atoms with E-state index in [1.165, 1.54) is 0 Å². The standard InChI is InChI=1S/C27H27N3O4S/c1-19-5-9-21(10-6-19)27(32)30(18-24-4-3-15-35-24)17-23-16-25(29-34-23)26(31)28-14-13-20-7-11-22(33-2)12-8-20/h3-12,15-16H,13-14,17-18H2,1-2H3,(H,28,31). The predicted molar refractivity (Wildman–Crippen MR) is 135 cm³/mol. The lowest BCUT2D eigenvalue weighted by molar-refractivity contribution is 0.0715. The topological polar surface area (TPSA) is 84.7 Å². The molecule has 0 spiro atoms. The van der Waals surface area contributed by atoms with E-state index in [-0.39, 0.29) is 24.1 Å². The van der Waals surface area contributed by atoms with Crippen LogP contribution in [0.2, 0.25) is 0 Å². The Morgan fingerprint density at radius 3 is 2.51 bits per heavy atom. The lowest BCUT2D eigenvalue weighted by atomic mass is 10.1. The van der Waals surface area contributed by atoms with E-state index in [0.717, 1.165) is 21.8 Å². The highest BCUT2D eigenvalue weighted by Gasteiger charge is 2.20. The summed E-state index contributed by atoms with van der Waals surface area (Å²) in [6, 6.07) is 20.7. The Kier molecular flexibility index (Phi) is 7.95. The monoisotopic (exact) mass is 489 g/mol. The fraction of sp³-hybridized carbons (Fsp3) is 0.222. The summed E-state index contributed by atoms with van der Waals surface area (Å²) in [5, 5.41) is 8.76. The maximum Gasteiger partial charge on any atom is 0.273 e. The van der Waals surface area contributed by atoms with Crippen molar-refractivity contribution in [2.24, 2.45) is 0 Å². The van der Waals surface area contributed by atoms with Crippen molar-refractivity contribution >= 4 is 23.2 Å². The molecule has 2 aromatic carbocycles. The van der Waals surface area contributed by atoms with Gasteiger partial charge in [-0.25, -0.2) is 0 Å². The quantitative estimate of drug-likeness (QED) is 0.344. The molecule has 4 aromatic rings. The van der Waals surface area contributed by atoms with Crippen LogP contribution in [-0.2, 0) is 19.5 Å². The molecule has 0 saturated heterocycles. The first-order valence-electron chi connectivity index (χ1n) is 11.3. The molecule has 1 N–H and O–H groups in total. The van der Waals surface area contributed by atoms with E-state index in [1.54, 1.807) is 29.4 Å². The number of ether oxygens (including phenoxy) is 1. The van der Waals surface area contributed by atoms with Crippen LogP contribution in [0.1, 0.15) is 42.6 Å². The normalized spacial score (nSPS) is 10.7. The SMILES string of the molecule is COc1ccc(CCNC(=O)c2cc(CN(Cc3cccs3)C(=O)c3ccc(C)cc3)on2)cc1. The highest BCUT2D eigenvalue weighted by molar-refractivity contribution is 7.09. The highest BCUT2D eigenvalue weighted by atomic mass is 32.1. The largest absolute Gasteiger partial charge is 0.497 e. The molecular weight excluding hydrogens is 462 g/mol. The molecule has 0 radical (unpaired) electrons. The van der Waals surface area contributed by atoms with Gasteiger partial charge in [-0.05, 0) is 54.6 Å². The van der Waals surface area contributed by atoms with Crippen molar-refractivity contribution in [3.63, 3.8) is 0 Å². The average molecular weight is 490 g/mol. The lowest BCUT2D eigenvalue weighted by Gasteiger charge is -2.21. The molecule has 0 bridgehead atoms. The molecule has 2 heterocycles. The molecule has 2 aromatic heterocycles. The van der Waals surface area contributed by atoms with Crippen LogP contribution in [0.4, 0.5) is 0 Å². The second-order valence-corrected chi connectivity index (χ2v) is 9.17. The van der Waals surface area contributed by atoms with Gasteiger partial charge in [0.05, 0.1) is 20.2 Å². The van der Waals surface area contributed by atoms with Gasteiger partial charge in [0.15, 0.2) is 11.5 Å². The summed E-state index contributed by atoms with van der Waals surface area (Å²) in [7, 11) is 1.63. The molecular formula is C27H27N3O4S. The number of hydrogen-bond donors (Lipinski definition) is 1. The number of methoxy groups -OCH3 is 1. The van der Waals surface area contributed by atoms with Crippen LogP contribution in [0.5, 0.6) is 5.75 Å². The number of carbonyl (C=O) groups is 2. The summed E-state index contributed by atoms with van der Waals surface area (Å²) in [6.45, 7) is 3.09. The number of carbonyl (C=O) groups excluding carboxylic acids is 2. The molecule has 4 rings (SSSR count). The molecule has 0 aliphatic carbocycles. The summed E-state index contributed by atoms with van der Waals surface area (Å²) >= 11 is 1.58. The number of nitrogens with one attached hydrogen (secondary N) is 1. The first-order valence-corrected chi connectivity index (χ1v) is 12.1. The van der Waals surface area contributed by atoms with Crippen molar-refractivity contribution in [1.82, 2.24) is 15.4 Å². The molecule has 0 aliphatic rings. The summed E-state index contributed by atoms with van der Waals surface area (Å²) < 4.78 is 10.6. The van der Waals surface area contributed by atoms with Gasteiger partial charge in [0.1, 0.15) is 5.75 Å². The molecule has 2 amide bonds. The minimum Gasteiger partial charge on any atom is -0.497 e. The molecule has 8 heteroatoms. The summed E-state index contributed by atoms with van der Waals surface area (Å²) in [5.74, 6) is 0.813. The van der Waals surface area contributed by atoms with Crippen molar-refractivity contribution in [2.75, 3.05) is 13.7 Å². The fourth-order valence-corrected chi connectivity index (χ4v) is 4.27. The second kappa shape index (κ2) is 11.5. The van der Waals surface area contributed by atoms with Crippen molar-refractivity contribution in [1.29, 1.82) is 0 Å². The zero-order valence-electron chi connectivity index (χ0n) is 19.7. The molecule has 0 unspecified atom stereocenters. The zero-order chi connectivity index (χ0) is 24.6. The summed E-state index contributed by atoms with van der Waals surface area (Å²) in [5.41, 5.74) is 2.96. The molecule has 7 nitrogen and oxygen atoms in total. The number of nitrogens with zero attached hydrogens (tertiary/aromatic N) is 2. The molecule has 0 atom stereocenters. The van der Waals surface area contributed by atoms with Crippen molar-refractivity contribution in [3.8, 4) is 5.75 Å². The second-order valence-electron chi connectivity index (χ2n) is 8.14. The Morgan fingerprint density at radius 1 is 1.06 bits per heavy atom. The zero-order valence-corrected chi connectivity index (χ0v) is 20.5. The van der Waals surface area contributed by atoms with Gasteiger partial charge in [0, 0.05) is 23.1 Å². The minimum absolute atomic E-state index is 0.111. The number of rotatable bonds is 10. The first-order chi connectivity index (χ1) is 17.0.